The minimum absolute atomic E-state index is 0.0327. The molecule has 8 heteroatoms. The van der Waals surface area contributed by atoms with Crippen LogP contribution in [0.1, 0.15) is 10.4 Å². The molecule has 0 saturated carbocycles. The monoisotopic (exact) mass is 315 g/mol. The first-order valence-corrected chi connectivity index (χ1v) is 7.00. The summed E-state index contributed by atoms with van der Waals surface area (Å²) in [6.07, 6.45) is 0. The van der Waals surface area contributed by atoms with Gasteiger partial charge in [0, 0.05) is 12.1 Å². The number of benzene rings is 2. The molecule has 3 aromatic rings. The Balaban J connectivity index is 1.89. The van der Waals surface area contributed by atoms with Gasteiger partial charge in [-0.05, 0) is 18.2 Å². The summed E-state index contributed by atoms with van der Waals surface area (Å²) in [4.78, 5) is 26.5. The van der Waals surface area contributed by atoms with E-state index in [1.54, 1.807) is 12.1 Å². The van der Waals surface area contributed by atoms with Crippen LogP contribution in [0.3, 0.4) is 0 Å². The van der Waals surface area contributed by atoms with Crippen LogP contribution in [0.5, 0.6) is 5.75 Å². The van der Waals surface area contributed by atoms with Crippen LogP contribution in [-0.4, -0.2) is 20.9 Å². The quantitative estimate of drug-likeness (QED) is 0.570. The standard InChI is InChI=1S/C14H9N3O4S/c18-11-4-2-1-3-9(11)13(19)16-14-15-10-6-5-8(17(20)21)7-12(10)22-14/h1-7,18H,(H,15,16,19). The molecule has 0 radical (unpaired) electrons. The number of hydrogen-bond donors (Lipinski definition) is 2. The molecule has 0 bridgehead atoms. The van der Waals surface area contributed by atoms with Gasteiger partial charge in [0.1, 0.15) is 5.75 Å². The second-order valence-electron chi connectivity index (χ2n) is 4.40. The fourth-order valence-corrected chi connectivity index (χ4v) is 2.80. The number of anilines is 1. The van der Waals surface area contributed by atoms with E-state index in [2.05, 4.69) is 10.3 Å². The molecule has 3 rings (SSSR count). The lowest BCUT2D eigenvalue weighted by atomic mass is 10.2. The van der Waals surface area contributed by atoms with Crippen LogP contribution >= 0.6 is 11.3 Å². The topological polar surface area (TPSA) is 105 Å². The summed E-state index contributed by atoms with van der Waals surface area (Å²) in [6.45, 7) is 0. The number of carbonyl (C=O) groups excluding carboxylic acids is 1. The molecule has 0 fully saturated rings. The molecule has 110 valence electrons. The molecule has 2 N–H and O–H groups in total. The lowest BCUT2D eigenvalue weighted by Gasteiger charge is -2.03. The van der Waals surface area contributed by atoms with Gasteiger partial charge >= 0.3 is 0 Å². The number of non-ortho nitro benzene ring substituents is 1. The Morgan fingerprint density at radius 1 is 1.27 bits per heavy atom. The van der Waals surface area contributed by atoms with Gasteiger partial charge in [0.15, 0.2) is 5.13 Å². The van der Waals surface area contributed by atoms with Gasteiger partial charge in [0.2, 0.25) is 0 Å². The molecular weight excluding hydrogens is 306 g/mol. The number of hydrogen-bond acceptors (Lipinski definition) is 6. The van der Waals surface area contributed by atoms with Gasteiger partial charge in [0.25, 0.3) is 11.6 Å². The van der Waals surface area contributed by atoms with Crippen LogP contribution in [0.2, 0.25) is 0 Å². The van der Waals surface area contributed by atoms with Crippen LogP contribution in [0.4, 0.5) is 10.8 Å². The van der Waals surface area contributed by atoms with E-state index in [9.17, 15) is 20.0 Å². The first kappa shape index (κ1) is 14.0. The summed E-state index contributed by atoms with van der Waals surface area (Å²) in [5.41, 5.74) is 0.658. The van der Waals surface area contributed by atoms with Crippen LogP contribution in [-0.2, 0) is 0 Å². The van der Waals surface area contributed by atoms with Gasteiger partial charge in [-0.15, -0.1) is 0 Å². The minimum Gasteiger partial charge on any atom is -0.507 e. The van der Waals surface area contributed by atoms with Gasteiger partial charge in [-0.1, -0.05) is 23.5 Å². The summed E-state index contributed by atoms with van der Waals surface area (Å²) in [6, 6.07) is 10.4. The van der Waals surface area contributed by atoms with Gasteiger partial charge in [0.05, 0.1) is 20.7 Å². The van der Waals surface area contributed by atoms with Crippen molar-refractivity contribution in [2.24, 2.45) is 0 Å². The van der Waals surface area contributed by atoms with Gasteiger partial charge in [-0.25, -0.2) is 4.98 Å². The first-order valence-electron chi connectivity index (χ1n) is 6.19. The smallest absolute Gasteiger partial charge is 0.270 e. The normalized spacial score (nSPS) is 10.5. The van der Waals surface area contributed by atoms with E-state index in [1.807, 2.05) is 0 Å². The summed E-state index contributed by atoms with van der Waals surface area (Å²) in [5.74, 6) is -0.622. The number of nitro groups is 1. The van der Waals surface area contributed by atoms with Gasteiger partial charge in [-0.3, -0.25) is 20.2 Å². The number of rotatable bonds is 3. The van der Waals surface area contributed by atoms with Crippen molar-refractivity contribution in [3.05, 3.63) is 58.1 Å². The molecule has 0 aliphatic heterocycles. The number of carbonyl (C=O) groups is 1. The number of phenols is 1. The highest BCUT2D eigenvalue weighted by molar-refractivity contribution is 7.22. The average Bonchev–Trinajstić information content (AvgIpc) is 2.88. The zero-order chi connectivity index (χ0) is 15.7. The highest BCUT2D eigenvalue weighted by Gasteiger charge is 2.14. The first-order chi connectivity index (χ1) is 10.5. The van der Waals surface area contributed by atoms with E-state index < -0.39 is 10.8 Å². The molecule has 22 heavy (non-hydrogen) atoms. The summed E-state index contributed by atoms with van der Waals surface area (Å²) >= 11 is 1.13. The maximum Gasteiger partial charge on any atom is 0.270 e. The van der Waals surface area contributed by atoms with Crippen molar-refractivity contribution >= 4 is 38.3 Å². The van der Waals surface area contributed by atoms with E-state index in [4.69, 9.17) is 0 Å². The highest BCUT2D eigenvalue weighted by Crippen LogP contribution is 2.29. The molecule has 0 saturated heterocycles. The zero-order valence-electron chi connectivity index (χ0n) is 11.0. The fraction of sp³-hybridized carbons (Fsp3) is 0. The Hall–Kier alpha value is -3.00. The zero-order valence-corrected chi connectivity index (χ0v) is 11.8. The summed E-state index contributed by atoms with van der Waals surface area (Å²) in [5, 5.41) is 23.3. The van der Waals surface area contributed by atoms with Crippen molar-refractivity contribution in [2.45, 2.75) is 0 Å². The minimum atomic E-state index is -0.494. The third kappa shape index (κ3) is 2.59. The van der Waals surface area contributed by atoms with Crippen molar-refractivity contribution in [1.29, 1.82) is 0 Å². The number of nitrogens with zero attached hydrogens (tertiary/aromatic N) is 2. The van der Waals surface area contributed by atoms with Crippen molar-refractivity contribution in [3.8, 4) is 5.75 Å². The number of aromatic hydroxyl groups is 1. The van der Waals surface area contributed by atoms with Crippen molar-refractivity contribution < 1.29 is 14.8 Å². The number of nitrogens with one attached hydrogen (secondary N) is 1. The number of aromatic nitrogens is 1. The van der Waals surface area contributed by atoms with E-state index in [1.165, 1.54) is 30.3 Å². The third-order valence-electron chi connectivity index (χ3n) is 2.95. The number of para-hydroxylation sites is 1. The molecule has 0 spiro atoms. The van der Waals surface area contributed by atoms with E-state index >= 15 is 0 Å². The molecule has 2 aromatic carbocycles. The van der Waals surface area contributed by atoms with E-state index in [-0.39, 0.29) is 17.0 Å². The average molecular weight is 315 g/mol. The SMILES string of the molecule is O=C(Nc1nc2ccc([N+](=O)[O-])cc2s1)c1ccccc1O. The number of nitro benzene ring substituents is 1. The largest absolute Gasteiger partial charge is 0.507 e. The molecule has 1 amide bonds. The Morgan fingerprint density at radius 2 is 2.05 bits per heavy atom. The van der Waals surface area contributed by atoms with Gasteiger partial charge in [-0.2, -0.15) is 0 Å². The van der Waals surface area contributed by atoms with Gasteiger partial charge < -0.3 is 5.11 Å². The molecule has 0 aliphatic rings. The van der Waals surface area contributed by atoms with Crippen LogP contribution in [0, 0.1) is 10.1 Å². The maximum atomic E-state index is 12.1. The van der Waals surface area contributed by atoms with Crippen LogP contribution in [0.25, 0.3) is 10.2 Å². The van der Waals surface area contributed by atoms with E-state index in [0.717, 1.165) is 11.3 Å². The van der Waals surface area contributed by atoms with Crippen molar-refractivity contribution in [1.82, 2.24) is 4.98 Å². The van der Waals surface area contributed by atoms with Crippen molar-refractivity contribution in [2.75, 3.05) is 5.32 Å². The number of amides is 1. The predicted molar refractivity (Wildman–Crippen MR) is 82.3 cm³/mol. The summed E-state index contributed by atoms with van der Waals surface area (Å²) < 4.78 is 0.599. The second kappa shape index (κ2) is 5.41. The maximum absolute atomic E-state index is 12.1. The molecular formula is C14H9N3O4S. The van der Waals surface area contributed by atoms with E-state index in [0.29, 0.717) is 15.3 Å². The lowest BCUT2D eigenvalue weighted by molar-refractivity contribution is -0.384. The Bertz CT molecular complexity index is 891. The third-order valence-corrected chi connectivity index (χ3v) is 3.89. The van der Waals surface area contributed by atoms with Crippen LogP contribution in [0.15, 0.2) is 42.5 Å². The Labute approximate surface area is 128 Å². The molecule has 0 aliphatic carbocycles. The summed E-state index contributed by atoms with van der Waals surface area (Å²) in [7, 11) is 0. The molecule has 7 nitrogen and oxygen atoms in total. The second-order valence-corrected chi connectivity index (χ2v) is 5.43. The molecule has 0 unspecified atom stereocenters. The Morgan fingerprint density at radius 3 is 2.77 bits per heavy atom. The number of phenolic OH excluding ortho intramolecular Hbond substituents is 1. The molecule has 1 aromatic heterocycles. The Kier molecular flexibility index (Phi) is 3.43. The predicted octanol–water partition coefficient (Wildman–Crippen LogP) is 3.16. The molecule has 1 heterocycles. The number of fused-ring (bicyclic) bond motifs is 1. The fourth-order valence-electron chi connectivity index (χ4n) is 1.91. The van der Waals surface area contributed by atoms with Crippen molar-refractivity contribution in [3.63, 3.8) is 0 Å². The number of thiazole rings is 1. The van der Waals surface area contributed by atoms with Crippen LogP contribution < -0.4 is 5.32 Å². The highest BCUT2D eigenvalue weighted by atomic mass is 32.1. The lowest BCUT2D eigenvalue weighted by Crippen LogP contribution is -2.11. The molecule has 0 atom stereocenters.